The zero-order valence-corrected chi connectivity index (χ0v) is 20.2. The fourth-order valence-corrected chi connectivity index (χ4v) is 4.59. The lowest BCUT2D eigenvalue weighted by Gasteiger charge is -2.19. The first-order valence-corrected chi connectivity index (χ1v) is 12.4. The van der Waals surface area contributed by atoms with Gasteiger partial charge in [-0.1, -0.05) is 105 Å². The van der Waals surface area contributed by atoms with Crippen molar-refractivity contribution in [3.05, 3.63) is 119 Å². The molecule has 0 saturated heterocycles. The van der Waals surface area contributed by atoms with Crippen LogP contribution in [-0.4, -0.2) is 0 Å². The maximum Gasteiger partial charge on any atom is 0.0991 e. The Morgan fingerprint density at radius 3 is 1.23 bits per heavy atom. The predicted molar refractivity (Wildman–Crippen MR) is 144 cm³/mol. The first-order chi connectivity index (χ1) is 17.2. The second-order valence-electron chi connectivity index (χ2n) is 9.02. The Morgan fingerprint density at radius 1 is 0.514 bits per heavy atom. The molecule has 0 heterocycles. The molecule has 0 N–H and O–H groups in total. The molecule has 0 spiro atoms. The number of benzene rings is 4. The van der Waals surface area contributed by atoms with Gasteiger partial charge in [0.25, 0.3) is 0 Å². The van der Waals surface area contributed by atoms with Gasteiger partial charge < -0.3 is 0 Å². The maximum atomic E-state index is 9.05. The van der Waals surface area contributed by atoms with Crippen molar-refractivity contribution in [2.24, 2.45) is 0 Å². The maximum absolute atomic E-state index is 9.05. The van der Waals surface area contributed by atoms with Crippen molar-refractivity contribution >= 4 is 0 Å². The highest BCUT2D eigenvalue weighted by molar-refractivity contribution is 5.66. The zero-order chi connectivity index (χ0) is 24.5. The van der Waals surface area contributed by atoms with Gasteiger partial charge in [0.05, 0.1) is 23.3 Å². The van der Waals surface area contributed by atoms with E-state index in [9.17, 15) is 0 Å². The predicted octanol–water partition coefficient (Wildman–Crippen LogP) is 8.87. The van der Waals surface area contributed by atoms with E-state index in [2.05, 4.69) is 67.6 Å². The number of hydrogen-bond acceptors (Lipinski definition) is 2. The van der Waals surface area contributed by atoms with Gasteiger partial charge in [0.15, 0.2) is 0 Å². The van der Waals surface area contributed by atoms with E-state index in [1.54, 1.807) is 0 Å². The summed E-state index contributed by atoms with van der Waals surface area (Å²) in [6.45, 7) is 2.25. The Kier molecular flexibility index (Phi) is 8.11. The van der Waals surface area contributed by atoms with Crippen LogP contribution in [0.15, 0.2) is 97.1 Å². The monoisotopic (exact) mass is 454 g/mol. The Hall–Kier alpha value is -4.14. The molecule has 4 aromatic rings. The fraction of sp³-hybridized carbons (Fsp3) is 0.212. The highest BCUT2D eigenvalue weighted by Gasteiger charge is 2.15. The fourth-order valence-electron chi connectivity index (χ4n) is 4.59. The van der Waals surface area contributed by atoms with Gasteiger partial charge in [0.1, 0.15) is 0 Å². The van der Waals surface area contributed by atoms with Gasteiger partial charge in [0, 0.05) is 5.92 Å². The normalized spacial score (nSPS) is 10.6. The molecule has 0 atom stereocenters. The number of nitriles is 2. The molecule has 0 aliphatic carbocycles. The smallest absolute Gasteiger partial charge is 0.0991 e. The topological polar surface area (TPSA) is 47.6 Å². The summed E-state index contributed by atoms with van der Waals surface area (Å²) in [7, 11) is 0. The van der Waals surface area contributed by atoms with Crippen LogP contribution in [-0.2, 0) is 0 Å². The van der Waals surface area contributed by atoms with E-state index in [-0.39, 0.29) is 0 Å². The lowest BCUT2D eigenvalue weighted by Crippen LogP contribution is -2.02. The van der Waals surface area contributed by atoms with Gasteiger partial charge in [-0.2, -0.15) is 10.5 Å². The second kappa shape index (κ2) is 11.8. The first kappa shape index (κ1) is 24.0. The molecule has 35 heavy (non-hydrogen) atoms. The van der Waals surface area contributed by atoms with Crippen LogP contribution < -0.4 is 0 Å². The van der Waals surface area contributed by atoms with Crippen LogP contribution in [0.1, 0.15) is 67.2 Å². The summed E-state index contributed by atoms with van der Waals surface area (Å²) in [6.07, 6.45) is 6.13. The van der Waals surface area contributed by atoms with Gasteiger partial charge >= 0.3 is 0 Å². The van der Waals surface area contributed by atoms with Crippen molar-refractivity contribution in [1.29, 1.82) is 10.5 Å². The van der Waals surface area contributed by atoms with Crippen molar-refractivity contribution in [2.45, 2.75) is 44.9 Å². The van der Waals surface area contributed by atoms with Gasteiger partial charge in [0.2, 0.25) is 0 Å². The van der Waals surface area contributed by atoms with E-state index in [0.717, 1.165) is 17.5 Å². The van der Waals surface area contributed by atoms with Crippen molar-refractivity contribution in [3.8, 4) is 34.4 Å². The minimum atomic E-state index is 0.358. The molecule has 0 radical (unpaired) electrons. The summed E-state index contributed by atoms with van der Waals surface area (Å²) in [5.74, 6) is 0.358. The quantitative estimate of drug-likeness (QED) is 0.237. The van der Waals surface area contributed by atoms with E-state index in [1.165, 1.54) is 47.9 Å². The first-order valence-electron chi connectivity index (χ1n) is 12.4. The van der Waals surface area contributed by atoms with Crippen molar-refractivity contribution in [3.63, 3.8) is 0 Å². The molecule has 0 saturated carbocycles. The van der Waals surface area contributed by atoms with Crippen LogP contribution in [0.25, 0.3) is 22.3 Å². The summed E-state index contributed by atoms with van der Waals surface area (Å²) in [5.41, 5.74) is 8.63. The number of nitrogens with zero attached hydrogens (tertiary/aromatic N) is 2. The van der Waals surface area contributed by atoms with Crippen LogP contribution in [0.3, 0.4) is 0 Å². The van der Waals surface area contributed by atoms with E-state index < -0.39 is 0 Å². The number of rotatable bonds is 9. The van der Waals surface area contributed by atoms with Gasteiger partial charge in [-0.3, -0.25) is 0 Å². The van der Waals surface area contributed by atoms with Crippen LogP contribution in [0.4, 0.5) is 0 Å². The molecule has 172 valence electrons. The highest BCUT2D eigenvalue weighted by Crippen LogP contribution is 2.33. The average Bonchev–Trinajstić information content (AvgIpc) is 2.93. The SMILES string of the molecule is CCCCCCC(c1ccc(-c2ccc(C#N)cc2)cc1)c1ccc(-c2ccc(C#N)cc2)cc1. The molecule has 2 nitrogen and oxygen atoms in total. The Bertz CT molecular complexity index is 1200. The van der Waals surface area contributed by atoms with E-state index in [4.69, 9.17) is 10.5 Å². The lowest BCUT2D eigenvalue weighted by atomic mass is 9.85. The molecule has 4 rings (SSSR count). The van der Waals surface area contributed by atoms with Crippen molar-refractivity contribution < 1.29 is 0 Å². The Balaban J connectivity index is 1.57. The number of unbranched alkanes of at least 4 members (excludes halogenated alkanes) is 3. The summed E-state index contributed by atoms with van der Waals surface area (Å²) < 4.78 is 0. The summed E-state index contributed by atoms with van der Waals surface area (Å²) in [5, 5.41) is 18.1. The highest BCUT2D eigenvalue weighted by atomic mass is 14.2. The molecule has 4 aromatic carbocycles. The molecule has 0 unspecified atom stereocenters. The van der Waals surface area contributed by atoms with Gasteiger partial charge in [-0.15, -0.1) is 0 Å². The molecule has 0 fully saturated rings. The standard InChI is InChI=1S/C33H30N2/c1-2-3-4-5-6-33(31-19-15-29(16-20-31)27-11-7-25(23-34)8-12-27)32-21-17-30(18-22-32)28-13-9-26(24-35)10-14-28/h7-22,33H,2-6H2,1H3. The molecule has 0 aliphatic rings. The molecule has 0 amide bonds. The third-order valence-corrected chi connectivity index (χ3v) is 6.67. The molecular formula is C33H30N2. The molecule has 0 aromatic heterocycles. The van der Waals surface area contributed by atoms with Crippen molar-refractivity contribution in [1.82, 2.24) is 0 Å². The van der Waals surface area contributed by atoms with Crippen LogP contribution >= 0.6 is 0 Å². The summed E-state index contributed by atoms with van der Waals surface area (Å²) >= 11 is 0. The third-order valence-electron chi connectivity index (χ3n) is 6.67. The third kappa shape index (κ3) is 6.06. The molecule has 2 heteroatoms. The lowest BCUT2D eigenvalue weighted by molar-refractivity contribution is 0.596. The zero-order valence-electron chi connectivity index (χ0n) is 20.2. The summed E-state index contributed by atoms with van der Waals surface area (Å²) in [4.78, 5) is 0. The van der Waals surface area contributed by atoms with Crippen LogP contribution in [0, 0.1) is 22.7 Å². The van der Waals surface area contributed by atoms with E-state index in [0.29, 0.717) is 17.0 Å². The number of hydrogen-bond donors (Lipinski definition) is 0. The molecule has 0 bridgehead atoms. The van der Waals surface area contributed by atoms with Crippen LogP contribution in [0.5, 0.6) is 0 Å². The van der Waals surface area contributed by atoms with Gasteiger partial charge in [-0.05, 0) is 64.1 Å². The summed E-state index contributed by atoms with van der Waals surface area (Å²) in [6, 6.07) is 37.7. The molecule has 0 aliphatic heterocycles. The minimum absolute atomic E-state index is 0.358. The van der Waals surface area contributed by atoms with E-state index >= 15 is 0 Å². The average molecular weight is 455 g/mol. The Labute approximate surface area is 209 Å². The minimum Gasteiger partial charge on any atom is -0.192 e. The second-order valence-corrected chi connectivity index (χ2v) is 9.02. The Morgan fingerprint density at radius 2 is 0.886 bits per heavy atom. The molecular weight excluding hydrogens is 424 g/mol. The van der Waals surface area contributed by atoms with Crippen molar-refractivity contribution in [2.75, 3.05) is 0 Å². The van der Waals surface area contributed by atoms with E-state index in [1.807, 2.05) is 48.5 Å². The van der Waals surface area contributed by atoms with Crippen LogP contribution in [0.2, 0.25) is 0 Å². The largest absolute Gasteiger partial charge is 0.192 e. The van der Waals surface area contributed by atoms with Gasteiger partial charge in [-0.25, -0.2) is 0 Å².